The number of aromatic nitrogens is 1. The van der Waals surface area contributed by atoms with Gasteiger partial charge < -0.3 is 9.84 Å². The molecule has 6 heteroatoms. The Kier molecular flexibility index (Phi) is 2.93. The molecule has 1 N–H and O–H groups in total. The average molecular weight is 290 g/mol. The van der Waals surface area contributed by atoms with E-state index >= 15 is 0 Å². The third-order valence-electron chi connectivity index (χ3n) is 3.75. The average Bonchev–Trinajstić information content (AvgIpc) is 3.14. The van der Waals surface area contributed by atoms with Gasteiger partial charge in [0.1, 0.15) is 11.4 Å². The highest BCUT2D eigenvalue weighted by Crippen LogP contribution is 2.54. The summed E-state index contributed by atoms with van der Waals surface area (Å²) in [6.45, 7) is 6.04. The molecule has 1 aliphatic heterocycles. The second-order valence-electron chi connectivity index (χ2n) is 6.64. The van der Waals surface area contributed by atoms with Gasteiger partial charge in [-0.25, -0.2) is 14.6 Å². The Labute approximate surface area is 122 Å². The first-order valence-corrected chi connectivity index (χ1v) is 7.00. The number of rotatable bonds is 1. The predicted octanol–water partition coefficient (Wildman–Crippen LogP) is 2.64. The van der Waals surface area contributed by atoms with Crippen LogP contribution in [0.3, 0.4) is 0 Å². The second-order valence-corrected chi connectivity index (χ2v) is 6.64. The van der Waals surface area contributed by atoms with E-state index < -0.39 is 17.7 Å². The zero-order valence-corrected chi connectivity index (χ0v) is 12.3. The number of aromatic carboxylic acids is 1. The summed E-state index contributed by atoms with van der Waals surface area (Å²) >= 11 is 0. The Morgan fingerprint density at radius 1 is 1.43 bits per heavy atom. The zero-order valence-electron chi connectivity index (χ0n) is 12.3. The van der Waals surface area contributed by atoms with Crippen LogP contribution < -0.4 is 4.90 Å². The monoisotopic (exact) mass is 290 g/mol. The molecule has 0 bridgehead atoms. The number of carbonyl (C=O) groups is 2. The normalized spacial score (nSPS) is 23.1. The minimum absolute atomic E-state index is 0.158. The molecule has 1 aromatic heterocycles. The van der Waals surface area contributed by atoms with Crippen molar-refractivity contribution in [1.82, 2.24) is 4.98 Å². The molecule has 2 aliphatic rings. The van der Waals surface area contributed by atoms with Crippen molar-refractivity contribution < 1.29 is 19.4 Å². The van der Waals surface area contributed by atoms with Gasteiger partial charge in [-0.15, -0.1) is 0 Å². The fraction of sp³-hybridized carbons (Fsp3) is 0.533. The third-order valence-corrected chi connectivity index (χ3v) is 3.75. The molecule has 112 valence electrons. The number of hydrogen-bond donors (Lipinski definition) is 1. The number of anilines is 1. The summed E-state index contributed by atoms with van der Waals surface area (Å²) in [5, 5.41) is 9.07. The SMILES string of the molecule is CC(C)(C)OC(=O)N1CC2CC2c2cc(C(=O)O)cnc21. The number of pyridine rings is 1. The van der Waals surface area contributed by atoms with Crippen molar-refractivity contribution in [3.8, 4) is 0 Å². The first-order chi connectivity index (χ1) is 9.76. The highest BCUT2D eigenvalue weighted by Gasteiger charge is 2.48. The van der Waals surface area contributed by atoms with Crippen molar-refractivity contribution in [3.05, 3.63) is 23.4 Å². The summed E-state index contributed by atoms with van der Waals surface area (Å²) in [6.07, 6.45) is 1.84. The van der Waals surface area contributed by atoms with Gasteiger partial charge in [0.05, 0.1) is 5.56 Å². The second kappa shape index (κ2) is 4.44. The lowest BCUT2D eigenvalue weighted by molar-refractivity contribution is 0.0575. The highest BCUT2D eigenvalue weighted by atomic mass is 16.6. The molecule has 2 atom stereocenters. The lowest BCUT2D eigenvalue weighted by Crippen LogP contribution is -2.40. The number of ether oxygens (including phenoxy) is 1. The van der Waals surface area contributed by atoms with E-state index in [1.807, 2.05) is 20.8 Å². The maximum Gasteiger partial charge on any atom is 0.416 e. The van der Waals surface area contributed by atoms with Crippen LogP contribution in [0.4, 0.5) is 10.6 Å². The molecule has 0 aromatic carbocycles. The molecule has 1 aromatic rings. The van der Waals surface area contributed by atoms with Crippen molar-refractivity contribution in [2.45, 2.75) is 38.7 Å². The largest absolute Gasteiger partial charge is 0.478 e. The van der Waals surface area contributed by atoms with Crippen molar-refractivity contribution in [3.63, 3.8) is 0 Å². The first kappa shape index (κ1) is 13.9. The Bertz CT molecular complexity index is 621. The molecule has 0 radical (unpaired) electrons. The lowest BCUT2D eigenvalue weighted by Gasteiger charge is -2.30. The van der Waals surface area contributed by atoms with Crippen LogP contribution in [-0.4, -0.2) is 34.3 Å². The van der Waals surface area contributed by atoms with E-state index in [9.17, 15) is 9.59 Å². The van der Waals surface area contributed by atoms with E-state index in [1.54, 1.807) is 6.07 Å². The van der Waals surface area contributed by atoms with Gasteiger partial charge in [0.25, 0.3) is 0 Å². The molecule has 1 amide bonds. The molecule has 0 saturated heterocycles. The molecule has 3 rings (SSSR count). The topological polar surface area (TPSA) is 79.7 Å². The quantitative estimate of drug-likeness (QED) is 0.860. The van der Waals surface area contributed by atoms with Gasteiger partial charge >= 0.3 is 12.1 Å². The molecule has 2 unspecified atom stereocenters. The van der Waals surface area contributed by atoms with Crippen molar-refractivity contribution in [2.24, 2.45) is 5.92 Å². The van der Waals surface area contributed by atoms with E-state index in [4.69, 9.17) is 9.84 Å². The van der Waals surface area contributed by atoms with Gasteiger partial charge in [0, 0.05) is 12.7 Å². The molecule has 6 nitrogen and oxygen atoms in total. The van der Waals surface area contributed by atoms with Crippen LogP contribution in [0.25, 0.3) is 0 Å². The van der Waals surface area contributed by atoms with Crippen LogP contribution in [0.5, 0.6) is 0 Å². The Hall–Kier alpha value is -2.11. The Balaban J connectivity index is 1.94. The summed E-state index contributed by atoms with van der Waals surface area (Å²) in [7, 11) is 0. The van der Waals surface area contributed by atoms with E-state index in [0.29, 0.717) is 24.2 Å². The van der Waals surface area contributed by atoms with Crippen LogP contribution >= 0.6 is 0 Å². The minimum atomic E-state index is -1.00. The maximum absolute atomic E-state index is 12.3. The van der Waals surface area contributed by atoms with Crippen LogP contribution in [-0.2, 0) is 4.74 Å². The van der Waals surface area contributed by atoms with Gasteiger partial charge in [-0.3, -0.25) is 4.90 Å². The van der Waals surface area contributed by atoms with E-state index in [1.165, 1.54) is 11.1 Å². The molecule has 21 heavy (non-hydrogen) atoms. The molecule has 0 spiro atoms. The third kappa shape index (κ3) is 2.57. The zero-order chi connectivity index (χ0) is 15.4. The Morgan fingerprint density at radius 2 is 2.14 bits per heavy atom. The summed E-state index contributed by atoms with van der Waals surface area (Å²) in [5.74, 6) is 0.242. The summed E-state index contributed by atoms with van der Waals surface area (Å²) in [5.41, 5.74) is 0.431. The number of amides is 1. The smallest absolute Gasteiger partial charge is 0.416 e. The van der Waals surface area contributed by atoms with Gasteiger partial charge in [-0.1, -0.05) is 0 Å². The van der Waals surface area contributed by atoms with Crippen molar-refractivity contribution in [2.75, 3.05) is 11.4 Å². The van der Waals surface area contributed by atoms with E-state index in [2.05, 4.69) is 4.98 Å². The van der Waals surface area contributed by atoms with Crippen LogP contribution in [0.15, 0.2) is 12.3 Å². The summed E-state index contributed by atoms with van der Waals surface area (Å²) < 4.78 is 5.41. The molecule has 1 saturated carbocycles. The first-order valence-electron chi connectivity index (χ1n) is 7.00. The number of carbonyl (C=O) groups excluding carboxylic acids is 1. The molecular formula is C15H18N2O4. The standard InChI is InChI=1S/C15H18N2O4/c1-15(2,3)21-14(20)17-7-9-5-10(9)11-4-8(13(18)19)6-16-12(11)17/h4,6,9-10H,5,7H2,1-3H3,(H,18,19). The fourth-order valence-electron chi connectivity index (χ4n) is 2.72. The van der Waals surface area contributed by atoms with Crippen LogP contribution in [0.1, 0.15) is 49.0 Å². The lowest BCUT2D eigenvalue weighted by atomic mass is 10.0. The Morgan fingerprint density at radius 3 is 2.76 bits per heavy atom. The summed E-state index contributed by atoms with van der Waals surface area (Å²) in [4.78, 5) is 29.1. The molecule has 2 heterocycles. The molecule has 1 aliphatic carbocycles. The van der Waals surface area contributed by atoms with Gasteiger partial charge in [0.2, 0.25) is 0 Å². The number of fused-ring (bicyclic) bond motifs is 3. The number of carboxylic acid groups (broad SMARTS) is 1. The van der Waals surface area contributed by atoms with Gasteiger partial charge in [-0.2, -0.15) is 0 Å². The highest BCUT2D eigenvalue weighted by molar-refractivity contribution is 5.91. The van der Waals surface area contributed by atoms with Crippen LogP contribution in [0.2, 0.25) is 0 Å². The van der Waals surface area contributed by atoms with Crippen molar-refractivity contribution in [1.29, 1.82) is 0 Å². The number of nitrogens with zero attached hydrogens (tertiary/aromatic N) is 2. The summed E-state index contributed by atoms with van der Waals surface area (Å²) in [6, 6.07) is 1.63. The molecule has 1 fully saturated rings. The van der Waals surface area contributed by atoms with Gasteiger partial charge in [0.15, 0.2) is 0 Å². The van der Waals surface area contributed by atoms with Crippen molar-refractivity contribution >= 4 is 17.9 Å². The van der Waals surface area contributed by atoms with E-state index in [0.717, 1.165) is 12.0 Å². The van der Waals surface area contributed by atoms with Crippen LogP contribution in [0, 0.1) is 5.92 Å². The fourth-order valence-corrected chi connectivity index (χ4v) is 2.72. The number of hydrogen-bond acceptors (Lipinski definition) is 4. The van der Waals surface area contributed by atoms with Gasteiger partial charge in [-0.05, 0) is 50.7 Å². The maximum atomic E-state index is 12.3. The van der Waals surface area contributed by atoms with E-state index in [-0.39, 0.29) is 5.56 Å². The minimum Gasteiger partial charge on any atom is -0.478 e. The predicted molar refractivity (Wildman–Crippen MR) is 75.6 cm³/mol. The number of carboxylic acids is 1. The molecular weight excluding hydrogens is 272 g/mol.